The molecule has 0 amide bonds. The second kappa shape index (κ2) is 5.44. The molecule has 0 aliphatic rings. The van der Waals surface area contributed by atoms with Crippen LogP contribution in [-0.2, 0) is 19.1 Å². The first-order valence-electron chi connectivity index (χ1n) is 6.57. The molecule has 2 rings (SSSR count). The van der Waals surface area contributed by atoms with E-state index in [1.54, 1.807) is 11.5 Å². The molecule has 1 atom stereocenters. The third-order valence-corrected chi connectivity index (χ3v) is 3.08. The van der Waals surface area contributed by atoms with Gasteiger partial charge in [0.15, 0.2) is 0 Å². The van der Waals surface area contributed by atoms with Crippen LogP contribution in [0.2, 0.25) is 0 Å². The van der Waals surface area contributed by atoms with Crippen molar-refractivity contribution in [2.75, 3.05) is 0 Å². The van der Waals surface area contributed by atoms with Crippen molar-refractivity contribution in [3.8, 4) is 0 Å². The number of alkyl halides is 3. The molecule has 1 aromatic heterocycles. The Balaban J connectivity index is 2.55. The Morgan fingerprint density at radius 2 is 2.05 bits per heavy atom. The van der Waals surface area contributed by atoms with E-state index in [-0.39, 0.29) is 0 Å². The topological polar surface area (TPSA) is 38.0 Å². The van der Waals surface area contributed by atoms with Crippen LogP contribution in [0.4, 0.5) is 13.2 Å². The smallest absolute Gasteiger partial charge is 0.392 e. The van der Waals surface area contributed by atoms with E-state index >= 15 is 0 Å². The minimum absolute atomic E-state index is 0.323. The van der Waals surface area contributed by atoms with E-state index in [0.29, 0.717) is 29.8 Å². The van der Waals surface area contributed by atoms with Crippen molar-refractivity contribution in [2.24, 2.45) is 0 Å². The van der Waals surface area contributed by atoms with Gasteiger partial charge in [0, 0.05) is 6.42 Å². The van der Waals surface area contributed by atoms with Crippen molar-refractivity contribution in [3.63, 3.8) is 0 Å². The van der Waals surface area contributed by atoms with Gasteiger partial charge in [0.05, 0.1) is 29.2 Å². The lowest BCUT2D eigenvalue weighted by Gasteiger charge is -2.11. The molecule has 20 heavy (non-hydrogen) atoms. The largest absolute Gasteiger partial charge is 0.416 e. The van der Waals surface area contributed by atoms with Crippen molar-refractivity contribution < 1.29 is 18.3 Å². The maximum absolute atomic E-state index is 12.7. The Labute approximate surface area is 115 Å². The van der Waals surface area contributed by atoms with Gasteiger partial charge >= 0.3 is 6.18 Å². The first-order chi connectivity index (χ1) is 9.32. The SMILES string of the molecule is CCCc1nc2cc(C(F)(F)F)ccc2n1CC(C)O. The highest BCUT2D eigenvalue weighted by atomic mass is 19.4. The molecule has 0 bridgehead atoms. The highest BCUT2D eigenvalue weighted by Crippen LogP contribution is 2.31. The molecule has 0 spiro atoms. The molecule has 3 nitrogen and oxygen atoms in total. The van der Waals surface area contributed by atoms with Crippen LogP contribution in [0.3, 0.4) is 0 Å². The fraction of sp³-hybridized carbons (Fsp3) is 0.500. The van der Waals surface area contributed by atoms with Crippen LogP contribution in [0.25, 0.3) is 11.0 Å². The lowest BCUT2D eigenvalue weighted by atomic mass is 10.2. The average molecular weight is 286 g/mol. The Bertz CT molecular complexity index is 602. The van der Waals surface area contributed by atoms with Crippen LogP contribution in [0.15, 0.2) is 18.2 Å². The predicted molar refractivity (Wildman–Crippen MR) is 70.4 cm³/mol. The molecule has 0 saturated heterocycles. The molecule has 0 aliphatic heterocycles. The first-order valence-corrected chi connectivity index (χ1v) is 6.57. The average Bonchev–Trinajstić information content (AvgIpc) is 2.65. The number of hydrogen-bond acceptors (Lipinski definition) is 2. The summed E-state index contributed by atoms with van der Waals surface area (Å²) in [4.78, 5) is 4.28. The molecule has 0 saturated carbocycles. The van der Waals surface area contributed by atoms with E-state index in [0.717, 1.165) is 18.6 Å². The molecule has 110 valence electrons. The van der Waals surface area contributed by atoms with Gasteiger partial charge in [0.2, 0.25) is 0 Å². The zero-order valence-electron chi connectivity index (χ0n) is 11.4. The third-order valence-electron chi connectivity index (χ3n) is 3.08. The predicted octanol–water partition coefficient (Wildman–Crippen LogP) is 3.39. The molecule has 0 radical (unpaired) electrons. The summed E-state index contributed by atoms with van der Waals surface area (Å²) in [6.07, 6.45) is -3.43. The van der Waals surface area contributed by atoms with Crippen LogP contribution in [-0.4, -0.2) is 20.8 Å². The van der Waals surface area contributed by atoms with Gasteiger partial charge in [-0.15, -0.1) is 0 Å². The number of nitrogens with zero attached hydrogens (tertiary/aromatic N) is 2. The molecular formula is C14H17F3N2O. The maximum Gasteiger partial charge on any atom is 0.416 e. The summed E-state index contributed by atoms with van der Waals surface area (Å²) < 4.78 is 39.9. The van der Waals surface area contributed by atoms with Gasteiger partial charge in [0.1, 0.15) is 5.82 Å². The van der Waals surface area contributed by atoms with E-state index in [1.807, 2.05) is 6.92 Å². The number of benzene rings is 1. The van der Waals surface area contributed by atoms with Gasteiger partial charge in [-0.2, -0.15) is 13.2 Å². The zero-order chi connectivity index (χ0) is 14.9. The second-order valence-corrected chi connectivity index (χ2v) is 4.94. The minimum atomic E-state index is -4.37. The fourth-order valence-corrected chi connectivity index (χ4v) is 2.24. The quantitative estimate of drug-likeness (QED) is 0.935. The number of rotatable bonds is 4. The normalized spacial score (nSPS) is 13.9. The van der Waals surface area contributed by atoms with Crippen molar-refractivity contribution in [3.05, 3.63) is 29.6 Å². The molecule has 6 heteroatoms. The van der Waals surface area contributed by atoms with Crippen LogP contribution >= 0.6 is 0 Å². The van der Waals surface area contributed by atoms with Gasteiger partial charge in [-0.25, -0.2) is 4.98 Å². The van der Waals surface area contributed by atoms with Crippen LogP contribution < -0.4 is 0 Å². The lowest BCUT2D eigenvalue weighted by Crippen LogP contribution is -2.14. The Morgan fingerprint density at radius 1 is 1.35 bits per heavy atom. The number of aryl methyl sites for hydroxylation is 1. The summed E-state index contributed by atoms with van der Waals surface area (Å²) in [6, 6.07) is 3.54. The number of aromatic nitrogens is 2. The highest BCUT2D eigenvalue weighted by molar-refractivity contribution is 5.77. The van der Waals surface area contributed by atoms with Crippen LogP contribution in [0.1, 0.15) is 31.7 Å². The molecule has 1 heterocycles. The summed E-state index contributed by atoms with van der Waals surface area (Å²) in [6.45, 7) is 3.95. The molecule has 0 fully saturated rings. The number of halogens is 3. The summed E-state index contributed by atoms with van der Waals surface area (Å²) in [5, 5.41) is 9.53. The van der Waals surface area contributed by atoms with E-state index in [9.17, 15) is 18.3 Å². The fourth-order valence-electron chi connectivity index (χ4n) is 2.24. The summed E-state index contributed by atoms with van der Waals surface area (Å²) in [5.74, 6) is 0.711. The van der Waals surface area contributed by atoms with E-state index < -0.39 is 17.8 Å². The van der Waals surface area contributed by atoms with Gasteiger partial charge in [-0.1, -0.05) is 6.92 Å². The van der Waals surface area contributed by atoms with Crippen molar-refractivity contribution in [1.82, 2.24) is 9.55 Å². The van der Waals surface area contributed by atoms with Gasteiger partial charge in [-0.3, -0.25) is 0 Å². The molecule has 0 aliphatic carbocycles. The van der Waals surface area contributed by atoms with Gasteiger partial charge in [0.25, 0.3) is 0 Å². The van der Waals surface area contributed by atoms with E-state index in [1.165, 1.54) is 6.07 Å². The standard InChI is InChI=1S/C14H17F3N2O/c1-3-4-13-18-11-7-10(14(15,16)17)5-6-12(11)19(13)8-9(2)20/h5-7,9,20H,3-4,8H2,1-2H3. The molecule has 1 N–H and O–H groups in total. The second-order valence-electron chi connectivity index (χ2n) is 4.94. The van der Waals surface area contributed by atoms with Crippen molar-refractivity contribution in [2.45, 2.75) is 45.5 Å². The van der Waals surface area contributed by atoms with Gasteiger partial charge < -0.3 is 9.67 Å². The van der Waals surface area contributed by atoms with E-state index in [2.05, 4.69) is 4.98 Å². The van der Waals surface area contributed by atoms with Crippen LogP contribution in [0.5, 0.6) is 0 Å². The molecular weight excluding hydrogens is 269 g/mol. The van der Waals surface area contributed by atoms with Crippen molar-refractivity contribution >= 4 is 11.0 Å². The molecule has 1 unspecified atom stereocenters. The Morgan fingerprint density at radius 3 is 2.60 bits per heavy atom. The summed E-state index contributed by atoms with van der Waals surface area (Å²) in [5.41, 5.74) is 0.251. The summed E-state index contributed by atoms with van der Waals surface area (Å²) in [7, 11) is 0. The monoisotopic (exact) mass is 286 g/mol. The van der Waals surface area contributed by atoms with E-state index in [4.69, 9.17) is 0 Å². The highest BCUT2D eigenvalue weighted by Gasteiger charge is 2.31. The number of fused-ring (bicyclic) bond motifs is 1. The number of aliphatic hydroxyl groups is 1. The Hall–Kier alpha value is -1.56. The van der Waals surface area contributed by atoms with Crippen LogP contribution in [0, 0.1) is 0 Å². The van der Waals surface area contributed by atoms with Gasteiger partial charge in [-0.05, 0) is 31.5 Å². The molecule has 2 aromatic rings. The number of hydrogen-bond donors (Lipinski definition) is 1. The zero-order valence-corrected chi connectivity index (χ0v) is 11.4. The first kappa shape index (κ1) is 14.8. The third kappa shape index (κ3) is 2.95. The Kier molecular flexibility index (Phi) is 4.04. The number of imidazole rings is 1. The molecule has 1 aromatic carbocycles. The minimum Gasteiger partial charge on any atom is -0.392 e. The number of aliphatic hydroxyl groups excluding tert-OH is 1. The maximum atomic E-state index is 12.7. The van der Waals surface area contributed by atoms with Crippen molar-refractivity contribution in [1.29, 1.82) is 0 Å². The summed E-state index contributed by atoms with van der Waals surface area (Å²) >= 11 is 0. The lowest BCUT2D eigenvalue weighted by molar-refractivity contribution is -0.137.